The standard InChI is InChI=1S/C16H16Cl2N2/c1-19-15(11-5-7-13(17)14(18)9-11)12-6-4-10-3-2-8-20-16(10)12/h2-3,5,7-9,12,15,19H,4,6H2,1H3. The van der Waals surface area contributed by atoms with Crippen molar-refractivity contribution >= 4 is 23.2 Å². The average molecular weight is 307 g/mol. The predicted molar refractivity (Wildman–Crippen MR) is 83.6 cm³/mol. The minimum atomic E-state index is 0.209. The normalized spacial score (nSPS) is 18.9. The molecule has 1 aromatic heterocycles. The summed E-state index contributed by atoms with van der Waals surface area (Å²) in [6.45, 7) is 0. The lowest BCUT2D eigenvalue weighted by atomic mass is 9.91. The summed E-state index contributed by atoms with van der Waals surface area (Å²) >= 11 is 12.2. The van der Waals surface area contributed by atoms with E-state index >= 15 is 0 Å². The Morgan fingerprint density at radius 2 is 2.10 bits per heavy atom. The molecule has 20 heavy (non-hydrogen) atoms. The predicted octanol–water partition coefficient (Wildman–Crippen LogP) is 4.38. The summed E-state index contributed by atoms with van der Waals surface area (Å²) in [7, 11) is 1.98. The molecule has 1 aromatic carbocycles. The van der Waals surface area contributed by atoms with Gasteiger partial charge in [0.15, 0.2) is 0 Å². The second-order valence-electron chi connectivity index (χ2n) is 5.13. The maximum absolute atomic E-state index is 6.15. The molecular weight excluding hydrogens is 291 g/mol. The van der Waals surface area contributed by atoms with Gasteiger partial charge in [0.1, 0.15) is 0 Å². The number of pyridine rings is 1. The van der Waals surface area contributed by atoms with Crippen molar-refractivity contribution in [2.45, 2.75) is 24.8 Å². The largest absolute Gasteiger partial charge is 0.312 e. The fraction of sp³-hybridized carbons (Fsp3) is 0.312. The van der Waals surface area contributed by atoms with Crippen molar-refractivity contribution < 1.29 is 0 Å². The van der Waals surface area contributed by atoms with Gasteiger partial charge in [-0.2, -0.15) is 0 Å². The van der Waals surface area contributed by atoms with Crippen LogP contribution in [-0.2, 0) is 6.42 Å². The summed E-state index contributed by atoms with van der Waals surface area (Å²) in [5.74, 6) is 0.383. The maximum atomic E-state index is 6.15. The van der Waals surface area contributed by atoms with E-state index in [0.29, 0.717) is 16.0 Å². The van der Waals surface area contributed by atoms with Crippen molar-refractivity contribution in [1.82, 2.24) is 10.3 Å². The van der Waals surface area contributed by atoms with Crippen LogP contribution >= 0.6 is 23.2 Å². The van der Waals surface area contributed by atoms with Gasteiger partial charge >= 0.3 is 0 Å². The Morgan fingerprint density at radius 3 is 2.85 bits per heavy atom. The molecule has 3 rings (SSSR count). The Hall–Kier alpha value is -1.09. The highest BCUT2D eigenvalue weighted by molar-refractivity contribution is 6.42. The zero-order valence-corrected chi connectivity index (χ0v) is 12.7. The Bertz CT molecular complexity index is 628. The second kappa shape index (κ2) is 5.72. The topological polar surface area (TPSA) is 24.9 Å². The van der Waals surface area contributed by atoms with Gasteiger partial charge in [0, 0.05) is 23.9 Å². The third-order valence-corrected chi connectivity index (χ3v) is 4.76. The minimum Gasteiger partial charge on any atom is -0.312 e. The molecule has 1 aliphatic rings. The number of halogens is 2. The van der Waals surface area contributed by atoms with E-state index in [9.17, 15) is 0 Å². The van der Waals surface area contributed by atoms with Crippen molar-refractivity contribution in [2.75, 3.05) is 7.05 Å². The average Bonchev–Trinajstić information content (AvgIpc) is 2.88. The summed E-state index contributed by atoms with van der Waals surface area (Å²) in [6.07, 6.45) is 4.07. The third kappa shape index (κ3) is 2.44. The molecule has 2 unspecified atom stereocenters. The van der Waals surface area contributed by atoms with Gasteiger partial charge in [-0.25, -0.2) is 0 Å². The molecule has 2 nitrogen and oxygen atoms in total. The quantitative estimate of drug-likeness (QED) is 0.910. The van der Waals surface area contributed by atoms with Crippen molar-refractivity contribution in [2.24, 2.45) is 0 Å². The van der Waals surface area contributed by atoms with Crippen molar-refractivity contribution in [3.05, 3.63) is 63.4 Å². The van der Waals surface area contributed by atoms with Crippen LogP contribution < -0.4 is 5.32 Å². The first-order valence-corrected chi connectivity index (χ1v) is 7.52. The fourth-order valence-corrected chi connectivity index (χ4v) is 3.38. The molecule has 104 valence electrons. The molecule has 0 spiro atoms. The molecule has 0 aliphatic heterocycles. The molecule has 0 fully saturated rings. The summed E-state index contributed by atoms with van der Waals surface area (Å²) in [5, 5.41) is 4.60. The van der Waals surface area contributed by atoms with Gasteiger partial charge < -0.3 is 5.32 Å². The maximum Gasteiger partial charge on any atom is 0.0595 e. The number of nitrogens with zero attached hydrogens (tertiary/aromatic N) is 1. The zero-order valence-electron chi connectivity index (χ0n) is 11.2. The Balaban J connectivity index is 1.97. The van der Waals surface area contributed by atoms with Crippen LogP contribution in [0.1, 0.15) is 35.2 Å². The lowest BCUT2D eigenvalue weighted by molar-refractivity contribution is 0.470. The number of aromatic nitrogens is 1. The smallest absolute Gasteiger partial charge is 0.0595 e. The monoisotopic (exact) mass is 306 g/mol. The molecule has 2 atom stereocenters. The first-order chi connectivity index (χ1) is 9.70. The summed E-state index contributed by atoms with van der Waals surface area (Å²) in [4.78, 5) is 4.58. The number of hydrogen-bond acceptors (Lipinski definition) is 2. The van der Waals surface area contributed by atoms with Crippen LogP contribution in [0.2, 0.25) is 10.0 Å². The van der Waals surface area contributed by atoms with Gasteiger partial charge in [-0.15, -0.1) is 0 Å². The molecule has 0 saturated carbocycles. The number of fused-ring (bicyclic) bond motifs is 1. The third-order valence-electron chi connectivity index (χ3n) is 4.02. The van der Waals surface area contributed by atoms with Gasteiger partial charge in [0.25, 0.3) is 0 Å². The zero-order chi connectivity index (χ0) is 14.1. The number of nitrogens with one attached hydrogen (secondary N) is 1. The molecular formula is C16H16Cl2N2. The molecule has 2 aromatic rings. The Morgan fingerprint density at radius 1 is 1.25 bits per heavy atom. The van der Waals surface area contributed by atoms with Crippen molar-refractivity contribution in [3.63, 3.8) is 0 Å². The van der Waals surface area contributed by atoms with E-state index in [2.05, 4.69) is 16.4 Å². The van der Waals surface area contributed by atoms with Crippen molar-refractivity contribution in [3.8, 4) is 0 Å². The summed E-state index contributed by atoms with van der Waals surface area (Å²) < 4.78 is 0. The number of benzene rings is 1. The molecule has 1 N–H and O–H groups in total. The highest BCUT2D eigenvalue weighted by Gasteiger charge is 2.31. The van der Waals surface area contributed by atoms with Crippen LogP contribution in [0.4, 0.5) is 0 Å². The van der Waals surface area contributed by atoms with Gasteiger partial charge in [0.2, 0.25) is 0 Å². The molecule has 0 amide bonds. The molecule has 4 heteroatoms. The number of hydrogen-bond donors (Lipinski definition) is 1. The van der Waals surface area contributed by atoms with E-state index < -0.39 is 0 Å². The molecule has 0 saturated heterocycles. The SMILES string of the molecule is CNC(c1ccc(Cl)c(Cl)c1)C1CCc2cccnc21. The fourth-order valence-electron chi connectivity index (χ4n) is 3.07. The highest BCUT2D eigenvalue weighted by atomic mass is 35.5. The van der Waals surface area contributed by atoms with Crippen LogP contribution in [-0.4, -0.2) is 12.0 Å². The number of rotatable bonds is 3. The lowest BCUT2D eigenvalue weighted by Crippen LogP contribution is -2.23. The molecule has 1 aliphatic carbocycles. The molecule has 1 heterocycles. The minimum absolute atomic E-state index is 0.209. The Labute approximate surface area is 129 Å². The summed E-state index contributed by atoms with van der Waals surface area (Å²) in [6, 6.07) is 10.2. The van der Waals surface area contributed by atoms with E-state index in [1.54, 1.807) is 0 Å². The lowest BCUT2D eigenvalue weighted by Gasteiger charge is -2.24. The highest BCUT2D eigenvalue weighted by Crippen LogP contribution is 2.41. The Kier molecular flexibility index (Phi) is 3.97. The van der Waals surface area contributed by atoms with Crippen LogP contribution in [0.5, 0.6) is 0 Å². The van der Waals surface area contributed by atoms with E-state index in [0.717, 1.165) is 18.4 Å². The van der Waals surface area contributed by atoms with Gasteiger partial charge in [-0.05, 0) is 49.2 Å². The molecule has 0 bridgehead atoms. The molecule has 0 radical (unpaired) electrons. The number of aryl methyl sites for hydroxylation is 1. The van der Waals surface area contributed by atoms with Gasteiger partial charge in [-0.1, -0.05) is 35.3 Å². The van der Waals surface area contributed by atoms with E-state index in [-0.39, 0.29) is 6.04 Å². The van der Waals surface area contributed by atoms with Gasteiger partial charge in [-0.3, -0.25) is 4.98 Å². The number of likely N-dealkylation sites (N-methyl/N-ethyl adjacent to an activating group) is 1. The second-order valence-corrected chi connectivity index (χ2v) is 5.95. The first-order valence-electron chi connectivity index (χ1n) is 6.76. The van der Waals surface area contributed by atoms with Crippen LogP contribution in [0.15, 0.2) is 36.5 Å². The van der Waals surface area contributed by atoms with E-state index in [1.165, 1.54) is 11.3 Å². The van der Waals surface area contributed by atoms with Crippen LogP contribution in [0.25, 0.3) is 0 Å². The summed E-state index contributed by atoms with van der Waals surface area (Å²) in [5.41, 5.74) is 3.72. The first kappa shape index (κ1) is 13.9. The van der Waals surface area contributed by atoms with Gasteiger partial charge in [0.05, 0.1) is 10.0 Å². The van der Waals surface area contributed by atoms with E-state index in [4.69, 9.17) is 23.2 Å². The van der Waals surface area contributed by atoms with Crippen molar-refractivity contribution in [1.29, 1.82) is 0 Å². The van der Waals surface area contributed by atoms with Crippen LogP contribution in [0, 0.1) is 0 Å². The van der Waals surface area contributed by atoms with E-state index in [1.807, 2.05) is 37.5 Å². The van der Waals surface area contributed by atoms with Crippen LogP contribution in [0.3, 0.4) is 0 Å².